The molecule has 0 atom stereocenters. The van der Waals surface area contributed by atoms with Gasteiger partial charge in [0.15, 0.2) is 0 Å². The number of rotatable bonds is 7. The number of benzene rings is 1. The van der Waals surface area contributed by atoms with Gasteiger partial charge in [0.1, 0.15) is 12.4 Å². The minimum absolute atomic E-state index is 0.133. The maximum Gasteiger partial charge on any atom is 0.252 e. The lowest BCUT2D eigenvalue weighted by molar-refractivity contribution is 0.0946. The van der Waals surface area contributed by atoms with Crippen molar-refractivity contribution in [3.05, 3.63) is 53.7 Å². The van der Waals surface area contributed by atoms with Crippen molar-refractivity contribution < 1.29 is 9.53 Å². The summed E-state index contributed by atoms with van der Waals surface area (Å²) < 4.78 is 5.79. The number of aromatic nitrogens is 1. The number of para-hydroxylation sites is 1. The molecule has 0 aliphatic carbocycles. The second-order valence-corrected chi connectivity index (χ2v) is 6.21. The molecule has 0 aliphatic rings. The third-order valence-electron chi connectivity index (χ3n) is 3.39. The van der Waals surface area contributed by atoms with E-state index in [9.17, 15) is 4.79 Å². The molecule has 5 heteroatoms. The number of carbonyl (C=O) groups is 1. The van der Waals surface area contributed by atoms with E-state index >= 15 is 0 Å². The number of hydrogen-bond donors (Lipinski definition) is 1. The predicted molar refractivity (Wildman–Crippen MR) is 94.4 cm³/mol. The van der Waals surface area contributed by atoms with Gasteiger partial charge in [-0.3, -0.25) is 4.79 Å². The fourth-order valence-electron chi connectivity index (χ4n) is 2.15. The van der Waals surface area contributed by atoms with Gasteiger partial charge in [-0.25, -0.2) is 4.98 Å². The van der Waals surface area contributed by atoms with Crippen molar-refractivity contribution in [3.8, 4) is 5.75 Å². The van der Waals surface area contributed by atoms with E-state index in [2.05, 4.69) is 30.2 Å². The molecular weight excluding hydrogens is 308 g/mol. The van der Waals surface area contributed by atoms with E-state index in [0.29, 0.717) is 24.6 Å². The molecule has 2 aromatic rings. The highest BCUT2D eigenvalue weighted by atomic mass is 32.2. The number of hydrogen-bond acceptors (Lipinski definition) is 4. The van der Waals surface area contributed by atoms with Crippen LogP contribution in [0.3, 0.4) is 0 Å². The zero-order valence-corrected chi connectivity index (χ0v) is 14.5. The van der Waals surface area contributed by atoms with Crippen molar-refractivity contribution >= 4 is 17.7 Å². The van der Waals surface area contributed by atoms with Gasteiger partial charge < -0.3 is 10.1 Å². The highest BCUT2D eigenvalue weighted by molar-refractivity contribution is 7.98. The topological polar surface area (TPSA) is 51.2 Å². The third kappa shape index (κ3) is 4.99. The lowest BCUT2D eigenvalue weighted by atomic mass is 10.0. The van der Waals surface area contributed by atoms with Gasteiger partial charge >= 0.3 is 0 Å². The molecule has 1 amide bonds. The Bertz CT molecular complexity index is 642. The molecule has 1 aromatic heterocycles. The van der Waals surface area contributed by atoms with E-state index in [-0.39, 0.29) is 5.91 Å². The van der Waals surface area contributed by atoms with Crippen LogP contribution in [0.15, 0.2) is 47.6 Å². The summed E-state index contributed by atoms with van der Waals surface area (Å²) in [5, 5.41) is 3.74. The van der Waals surface area contributed by atoms with Crippen molar-refractivity contribution in [2.75, 3.05) is 19.4 Å². The molecule has 0 fully saturated rings. The predicted octanol–water partition coefficient (Wildman–Crippen LogP) is 3.74. The summed E-state index contributed by atoms with van der Waals surface area (Å²) in [6.45, 7) is 5.16. The Hall–Kier alpha value is -2.01. The maximum atomic E-state index is 12.0. The SMILES string of the molecule is CSc1ccc(C(=O)NCCOc2ccccc2C(C)C)cn1. The van der Waals surface area contributed by atoms with Crippen molar-refractivity contribution in [2.24, 2.45) is 0 Å². The molecule has 1 heterocycles. The number of pyridine rings is 1. The third-order valence-corrected chi connectivity index (χ3v) is 4.05. The van der Waals surface area contributed by atoms with Gasteiger partial charge in [0.05, 0.1) is 17.1 Å². The molecule has 2 rings (SSSR count). The van der Waals surface area contributed by atoms with E-state index < -0.39 is 0 Å². The summed E-state index contributed by atoms with van der Waals surface area (Å²) in [4.78, 5) is 16.2. The van der Waals surface area contributed by atoms with Gasteiger partial charge in [-0.2, -0.15) is 0 Å². The summed E-state index contributed by atoms with van der Waals surface area (Å²) in [5.41, 5.74) is 1.74. The molecule has 0 aliphatic heterocycles. The quantitative estimate of drug-likeness (QED) is 0.621. The highest BCUT2D eigenvalue weighted by Gasteiger charge is 2.08. The summed E-state index contributed by atoms with van der Waals surface area (Å²) in [6, 6.07) is 11.6. The first-order chi connectivity index (χ1) is 11.1. The van der Waals surface area contributed by atoms with E-state index in [1.165, 1.54) is 5.56 Å². The van der Waals surface area contributed by atoms with Crippen LogP contribution in [0.1, 0.15) is 35.7 Å². The van der Waals surface area contributed by atoms with Crippen LogP contribution >= 0.6 is 11.8 Å². The van der Waals surface area contributed by atoms with Gasteiger partial charge in [0.25, 0.3) is 5.91 Å². The van der Waals surface area contributed by atoms with Gasteiger partial charge in [-0.15, -0.1) is 11.8 Å². The standard InChI is InChI=1S/C18H22N2O2S/c1-13(2)15-6-4-5-7-16(15)22-11-10-19-18(21)14-8-9-17(23-3)20-12-14/h4-9,12-13H,10-11H2,1-3H3,(H,19,21). The Balaban J connectivity index is 1.82. The van der Waals surface area contributed by atoms with E-state index in [1.807, 2.05) is 30.5 Å². The Labute approximate surface area is 141 Å². The average molecular weight is 330 g/mol. The first kappa shape index (κ1) is 17.3. The molecule has 4 nitrogen and oxygen atoms in total. The zero-order chi connectivity index (χ0) is 16.7. The van der Waals surface area contributed by atoms with Crippen LogP contribution in [0.5, 0.6) is 5.75 Å². The number of nitrogens with zero attached hydrogens (tertiary/aromatic N) is 1. The van der Waals surface area contributed by atoms with Gasteiger partial charge in [-0.05, 0) is 35.9 Å². The van der Waals surface area contributed by atoms with Crippen molar-refractivity contribution in [1.29, 1.82) is 0 Å². The van der Waals surface area contributed by atoms with Crippen molar-refractivity contribution in [1.82, 2.24) is 10.3 Å². The molecular formula is C18H22N2O2S. The Kier molecular flexibility index (Phi) is 6.47. The highest BCUT2D eigenvalue weighted by Crippen LogP contribution is 2.25. The largest absolute Gasteiger partial charge is 0.491 e. The fourth-order valence-corrected chi connectivity index (χ4v) is 2.51. The van der Waals surface area contributed by atoms with Gasteiger partial charge in [0, 0.05) is 6.20 Å². The number of carbonyl (C=O) groups excluding carboxylic acids is 1. The minimum Gasteiger partial charge on any atom is -0.491 e. The second-order valence-electron chi connectivity index (χ2n) is 5.39. The minimum atomic E-state index is -0.133. The average Bonchev–Trinajstić information content (AvgIpc) is 2.58. The maximum absolute atomic E-state index is 12.0. The van der Waals surface area contributed by atoms with Crippen LogP contribution < -0.4 is 10.1 Å². The van der Waals surface area contributed by atoms with E-state index in [1.54, 1.807) is 24.0 Å². The van der Waals surface area contributed by atoms with Gasteiger partial charge in [0.2, 0.25) is 0 Å². The lowest BCUT2D eigenvalue weighted by Gasteiger charge is -2.14. The molecule has 23 heavy (non-hydrogen) atoms. The number of thioether (sulfide) groups is 1. The van der Waals surface area contributed by atoms with Crippen LogP contribution in [-0.2, 0) is 0 Å². The first-order valence-electron chi connectivity index (χ1n) is 7.61. The summed E-state index contributed by atoms with van der Waals surface area (Å²) in [5.74, 6) is 1.15. The van der Waals surface area contributed by atoms with Crippen LogP contribution in [0.2, 0.25) is 0 Å². The second kappa shape index (κ2) is 8.58. The van der Waals surface area contributed by atoms with E-state index in [0.717, 1.165) is 10.8 Å². The summed E-state index contributed by atoms with van der Waals surface area (Å²) in [6.07, 6.45) is 3.55. The Morgan fingerprint density at radius 1 is 1.26 bits per heavy atom. The number of amides is 1. The zero-order valence-electron chi connectivity index (χ0n) is 13.7. The van der Waals surface area contributed by atoms with Gasteiger partial charge in [-0.1, -0.05) is 32.0 Å². The van der Waals surface area contributed by atoms with Crippen LogP contribution in [-0.4, -0.2) is 30.3 Å². The lowest BCUT2D eigenvalue weighted by Crippen LogP contribution is -2.28. The van der Waals surface area contributed by atoms with Crippen LogP contribution in [0.25, 0.3) is 0 Å². The van der Waals surface area contributed by atoms with Crippen molar-refractivity contribution in [3.63, 3.8) is 0 Å². The summed E-state index contributed by atoms with van der Waals surface area (Å²) >= 11 is 1.55. The fraction of sp³-hybridized carbons (Fsp3) is 0.333. The van der Waals surface area contributed by atoms with E-state index in [4.69, 9.17) is 4.74 Å². The monoisotopic (exact) mass is 330 g/mol. The Morgan fingerprint density at radius 3 is 2.70 bits per heavy atom. The summed E-state index contributed by atoms with van der Waals surface area (Å²) in [7, 11) is 0. The molecule has 0 bridgehead atoms. The van der Waals surface area contributed by atoms with Crippen LogP contribution in [0, 0.1) is 0 Å². The molecule has 0 radical (unpaired) electrons. The molecule has 0 saturated heterocycles. The molecule has 1 N–H and O–H groups in total. The molecule has 0 unspecified atom stereocenters. The number of nitrogens with one attached hydrogen (secondary N) is 1. The normalized spacial score (nSPS) is 10.6. The molecule has 122 valence electrons. The molecule has 0 saturated carbocycles. The number of ether oxygens (including phenoxy) is 1. The molecule has 1 aromatic carbocycles. The smallest absolute Gasteiger partial charge is 0.252 e. The first-order valence-corrected chi connectivity index (χ1v) is 8.84. The molecule has 0 spiro atoms. The van der Waals surface area contributed by atoms with Crippen molar-refractivity contribution in [2.45, 2.75) is 24.8 Å². The van der Waals surface area contributed by atoms with Crippen LogP contribution in [0.4, 0.5) is 0 Å². The Morgan fingerprint density at radius 2 is 2.04 bits per heavy atom.